The predicted molar refractivity (Wildman–Crippen MR) is 108 cm³/mol. The van der Waals surface area contributed by atoms with Crippen molar-refractivity contribution in [3.05, 3.63) is 64.6 Å². The lowest BCUT2D eigenvalue weighted by atomic mass is 10.2. The van der Waals surface area contributed by atoms with E-state index in [1.54, 1.807) is 18.2 Å². The van der Waals surface area contributed by atoms with Crippen LogP contribution in [0.4, 0.5) is 16.0 Å². The van der Waals surface area contributed by atoms with Gasteiger partial charge in [-0.1, -0.05) is 51.5 Å². The lowest BCUT2D eigenvalue weighted by Crippen LogP contribution is -2.18. The number of benzene rings is 2. The lowest BCUT2D eigenvalue weighted by Gasteiger charge is -2.07. The standard InChI is InChI=1S/C16H12BrN5OS2/c17-11-6-4-5-10(9-11)13(23)19-15-21-22-16(25-15)20-14(24)18-12-7-2-1-3-8-12/h1-9H,(H,19,21,23)(H2,18,20,22,24). The summed E-state index contributed by atoms with van der Waals surface area (Å²) in [5.41, 5.74) is 1.40. The van der Waals surface area contributed by atoms with Gasteiger partial charge >= 0.3 is 0 Å². The molecule has 9 heteroatoms. The third-order valence-electron chi connectivity index (χ3n) is 2.98. The number of amides is 1. The SMILES string of the molecule is O=C(Nc1nnc(NC(=S)Nc2ccccc2)s1)c1cccc(Br)c1. The summed E-state index contributed by atoms with van der Waals surface area (Å²) in [6, 6.07) is 16.6. The smallest absolute Gasteiger partial charge is 0.257 e. The summed E-state index contributed by atoms with van der Waals surface area (Å²) in [6.45, 7) is 0. The number of hydrogen-bond donors (Lipinski definition) is 3. The molecule has 25 heavy (non-hydrogen) atoms. The molecule has 0 saturated carbocycles. The van der Waals surface area contributed by atoms with E-state index in [2.05, 4.69) is 42.1 Å². The van der Waals surface area contributed by atoms with E-state index in [1.165, 1.54) is 11.3 Å². The van der Waals surface area contributed by atoms with Gasteiger partial charge in [0.15, 0.2) is 5.11 Å². The molecule has 1 heterocycles. The van der Waals surface area contributed by atoms with Crippen LogP contribution in [0, 0.1) is 0 Å². The van der Waals surface area contributed by atoms with Crippen molar-refractivity contribution in [2.45, 2.75) is 0 Å². The molecule has 0 saturated heterocycles. The van der Waals surface area contributed by atoms with Gasteiger partial charge in [0.2, 0.25) is 10.3 Å². The van der Waals surface area contributed by atoms with E-state index >= 15 is 0 Å². The third-order valence-corrected chi connectivity index (χ3v) is 4.44. The van der Waals surface area contributed by atoms with Gasteiger partial charge in [-0.15, -0.1) is 10.2 Å². The second-order valence-corrected chi connectivity index (χ2v) is 7.12. The third kappa shape index (κ3) is 5.05. The maximum absolute atomic E-state index is 12.2. The molecule has 0 fully saturated rings. The highest BCUT2D eigenvalue weighted by Crippen LogP contribution is 2.21. The largest absolute Gasteiger partial charge is 0.332 e. The normalized spacial score (nSPS) is 10.1. The van der Waals surface area contributed by atoms with E-state index in [0.717, 1.165) is 10.2 Å². The summed E-state index contributed by atoms with van der Waals surface area (Å²) in [7, 11) is 0. The van der Waals surface area contributed by atoms with E-state index in [-0.39, 0.29) is 5.91 Å². The fraction of sp³-hybridized carbons (Fsp3) is 0. The van der Waals surface area contributed by atoms with Crippen molar-refractivity contribution in [3.8, 4) is 0 Å². The average molecular weight is 434 g/mol. The molecular weight excluding hydrogens is 422 g/mol. The van der Waals surface area contributed by atoms with Crippen molar-refractivity contribution in [1.29, 1.82) is 0 Å². The first-order chi connectivity index (χ1) is 12.1. The number of para-hydroxylation sites is 1. The number of anilines is 3. The minimum absolute atomic E-state index is 0.256. The van der Waals surface area contributed by atoms with Crippen LogP contribution in [-0.4, -0.2) is 21.2 Å². The lowest BCUT2D eigenvalue weighted by molar-refractivity contribution is 0.102. The van der Waals surface area contributed by atoms with Gasteiger partial charge in [-0.05, 0) is 42.5 Å². The second kappa shape index (κ2) is 8.15. The number of carbonyl (C=O) groups is 1. The van der Waals surface area contributed by atoms with E-state index in [9.17, 15) is 4.79 Å². The Bertz CT molecular complexity index is 900. The predicted octanol–water partition coefficient (Wildman–Crippen LogP) is 4.36. The molecule has 3 aromatic rings. The van der Waals surface area contributed by atoms with Gasteiger partial charge < -0.3 is 10.6 Å². The zero-order chi connectivity index (χ0) is 17.6. The Kier molecular flexibility index (Phi) is 5.69. The summed E-state index contributed by atoms with van der Waals surface area (Å²) in [6.07, 6.45) is 0. The summed E-state index contributed by atoms with van der Waals surface area (Å²) in [4.78, 5) is 12.2. The Balaban J connectivity index is 1.58. The number of nitrogens with one attached hydrogen (secondary N) is 3. The fourth-order valence-corrected chi connectivity index (χ4v) is 3.23. The molecule has 0 aliphatic rings. The van der Waals surface area contributed by atoms with Crippen LogP contribution in [0.15, 0.2) is 59.1 Å². The van der Waals surface area contributed by atoms with E-state index in [1.807, 2.05) is 36.4 Å². The van der Waals surface area contributed by atoms with E-state index in [4.69, 9.17) is 12.2 Å². The Morgan fingerprint density at radius 1 is 0.960 bits per heavy atom. The van der Waals surface area contributed by atoms with Crippen LogP contribution >= 0.6 is 39.5 Å². The molecule has 0 bridgehead atoms. The Morgan fingerprint density at radius 3 is 2.40 bits per heavy atom. The first-order valence-corrected chi connectivity index (χ1v) is 9.15. The molecule has 0 radical (unpaired) electrons. The zero-order valence-corrected chi connectivity index (χ0v) is 15.9. The molecule has 0 spiro atoms. The van der Waals surface area contributed by atoms with Crippen LogP contribution in [0.2, 0.25) is 0 Å². The zero-order valence-electron chi connectivity index (χ0n) is 12.7. The Labute approximate surface area is 161 Å². The minimum Gasteiger partial charge on any atom is -0.332 e. The Morgan fingerprint density at radius 2 is 1.68 bits per heavy atom. The highest BCUT2D eigenvalue weighted by atomic mass is 79.9. The molecule has 0 unspecified atom stereocenters. The van der Waals surface area contributed by atoms with Gasteiger partial charge in [-0.3, -0.25) is 10.1 Å². The molecule has 2 aromatic carbocycles. The molecular formula is C16H12BrN5OS2. The molecule has 126 valence electrons. The summed E-state index contributed by atoms with van der Waals surface area (Å²) < 4.78 is 0.831. The van der Waals surface area contributed by atoms with Crippen molar-refractivity contribution in [2.75, 3.05) is 16.0 Å². The quantitative estimate of drug-likeness (QED) is 0.530. The number of hydrogen-bond acceptors (Lipinski definition) is 5. The highest BCUT2D eigenvalue weighted by Gasteiger charge is 2.11. The van der Waals surface area contributed by atoms with Gasteiger partial charge in [0, 0.05) is 15.7 Å². The van der Waals surface area contributed by atoms with Gasteiger partial charge in [0.1, 0.15) is 0 Å². The molecule has 3 rings (SSSR count). The minimum atomic E-state index is -0.256. The molecule has 3 N–H and O–H groups in total. The number of nitrogens with zero attached hydrogens (tertiary/aromatic N) is 2. The number of halogens is 1. The molecule has 6 nitrogen and oxygen atoms in total. The van der Waals surface area contributed by atoms with Crippen LogP contribution in [0.5, 0.6) is 0 Å². The summed E-state index contributed by atoms with van der Waals surface area (Å²) >= 11 is 9.76. The maximum Gasteiger partial charge on any atom is 0.257 e. The number of rotatable bonds is 4. The van der Waals surface area contributed by atoms with Gasteiger partial charge in [-0.2, -0.15) is 0 Å². The molecule has 0 aliphatic heterocycles. The molecule has 0 aliphatic carbocycles. The summed E-state index contributed by atoms with van der Waals surface area (Å²) in [5, 5.41) is 17.9. The van der Waals surface area contributed by atoms with Crippen LogP contribution in [0.25, 0.3) is 0 Å². The number of aromatic nitrogens is 2. The first-order valence-electron chi connectivity index (χ1n) is 7.13. The monoisotopic (exact) mass is 433 g/mol. The van der Waals surface area contributed by atoms with Crippen LogP contribution in [0.1, 0.15) is 10.4 Å². The molecule has 1 amide bonds. The second-order valence-electron chi connectivity index (χ2n) is 4.82. The highest BCUT2D eigenvalue weighted by molar-refractivity contribution is 9.10. The molecule has 0 atom stereocenters. The van der Waals surface area contributed by atoms with Gasteiger partial charge in [0.05, 0.1) is 0 Å². The van der Waals surface area contributed by atoms with Crippen molar-refractivity contribution in [3.63, 3.8) is 0 Å². The summed E-state index contributed by atoms with van der Waals surface area (Å²) in [5.74, 6) is -0.256. The van der Waals surface area contributed by atoms with Gasteiger partial charge in [0.25, 0.3) is 5.91 Å². The van der Waals surface area contributed by atoms with Crippen LogP contribution in [0.3, 0.4) is 0 Å². The number of carbonyl (C=O) groups excluding carboxylic acids is 1. The van der Waals surface area contributed by atoms with E-state index in [0.29, 0.717) is 20.9 Å². The maximum atomic E-state index is 12.2. The molecule has 1 aromatic heterocycles. The Hall–Kier alpha value is -2.36. The van der Waals surface area contributed by atoms with Crippen molar-refractivity contribution in [1.82, 2.24) is 10.2 Å². The van der Waals surface area contributed by atoms with Crippen molar-refractivity contribution < 1.29 is 4.79 Å². The van der Waals surface area contributed by atoms with E-state index < -0.39 is 0 Å². The van der Waals surface area contributed by atoms with Crippen LogP contribution < -0.4 is 16.0 Å². The topological polar surface area (TPSA) is 78.9 Å². The van der Waals surface area contributed by atoms with Crippen LogP contribution in [-0.2, 0) is 0 Å². The van der Waals surface area contributed by atoms with Crippen molar-refractivity contribution in [2.24, 2.45) is 0 Å². The number of thiocarbonyl (C=S) groups is 1. The fourth-order valence-electron chi connectivity index (χ4n) is 1.90. The average Bonchev–Trinajstić information content (AvgIpc) is 3.02. The van der Waals surface area contributed by atoms with Gasteiger partial charge in [-0.25, -0.2) is 0 Å². The van der Waals surface area contributed by atoms with Crippen molar-refractivity contribution >= 4 is 66.5 Å². The first kappa shape index (κ1) is 17.5.